The molecule has 84 valence electrons. The molecule has 0 aliphatic rings. The van der Waals surface area contributed by atoms with E-state index < -0.39 is 6.10 Å². The van der Waals surface area contributed by atoms with E-state index in [2.05, 4.69) is 5.32 Å². The fourth-order valence-electron chi connectivity index (χ4n) is 1.27. The molecule has 0 spiro atoms. The van der Waals surface area contributed by atoms with Crippen molar-refractivity contribution in [2.75, 3.05) is 6.54 Å². The maximum atomic E-state index is 11.6. The van der Waals surface area contributed by atoms with Crippen molar-refractivity contribution in [1.82, 2.24) is 5.32 Å². The van der Waals surface area contributed by atoms with Crippen molar-refractivity contribution in [2.45, 2.75) is 6.10 Å². The van der Waals surface area contributed by atoms with E-state index >= 15 is 0 Å². The fraction of sp³-hybridized carbons (Fsp3) is 0.182. The molecule has 0 saturated carbocycles. The molecule has 3 nitrogen and oxygen atoms in total. The third-order valence-corrected chi connectivity index (χ3v) is 3.70. The lowest BCUT2D eigenvalue weighted by atomic mass is 10.2. The molecule has 0 radical (unpaired) electrons. The second-order valence-electron chi connectivity index (χ2n) is 3.26. The van der Waals surface area contributed by atoms with Gasteiger partial charge in [0.15, 0.2) is 0 Å². The number of carbonyl (C=O) groups is 1. The van der Waals surface area contributed by atoms with E-state index in [4.69, 9.17) is 0 Å². The zero-order valence-corrected chi connectivity index (χ0v) is 10.1. The molecule has 16 heavy (non-hydrogen) atoms. The molecule has 0 aromatic carbocycles. The van der Waals surface area contributed by atoms with Crippen LogP contribution in [-0.2, 0) is 0 Å². The highest BCUT2D eigenvalue weighted by Crippen LogP contribution is 2.15. The molecule has 1 atom stereocenters. The summed E-state index contributed by atoms with van der Waals surface area (Å²) < 4.78 is 0. The Balaban J connectivity index is 1.86. The van der Waals surface area contributed by atoms with Gasteiger partial charge in [0.2, 0.25) is 0 Å². The SMILES string of the molecule is O=C(NC[C@H](O)c1ccsc1)c1cccs1. The minimum absolute atomic E-state index is 0.135. The van der Waals surface area contributed by atoms with Gasteiger partial charge in [-0.15, -0.1) is 11.3 Å². The van der Waals surface area contributed by atoms with E-state index in [9.17, 15) is 9.90 Å². The zero-order chi connectivity index (χ0) is 11.4. The second-order valence-corrected chi connectivity index (χ2v) is 4.99. The Morgan fingerprint density at radius 1 is 1.44 bits per heavy atom. The minimum Gasteiger partial charge on any atom is -0.387 e. The van der Waals surface area contributed by atoms with Gasteiger partial charge in [-0.25, -0.2) is 0 Å². The molecule has 0 aliphatic carbocycles. The maximum absolute atomic E-state index is 11.6. The first-order chi connectivity index (χ1) is 7.77. The smallest absolute Gasteiger partial charge is 0.261 e. The summed E-state index contributed by atoms with van der Waals surface area (Å²) >= 11 is 2.92. The average Bonchev–Trinajstić information content (AvgIpc) is 2.95. The van der Waals surface area contributed by atoms with Crippen LogP contribution in [0.2, 0.25) is 0 Å². The van der Waals surface area contributed by atoms with Crippen LogP contribution < -0.4 is 5.32 Å². The highest BCUT2D eigenvalue weighted by molar-refractivity contribution is 7.12. The molecular formula is C11H11NO2S2. The van der Waals surface area contributed by atoms with Crippen molar-refractivity contribution in [3.05, 3.63) is 44.8 Å². The van der Waals surface area contributed by atoms with E-state index in [0.717, 1.165) is 5.56 Å². The highest BCUT2D eigenvalue weighted by atomic mass is 32.1. The standard InChI is InChI=1S/C11H11NO2S2/c13-9(8-3-5-15-7-8)6-12-11(14)10-2-1-4-16-10/h1-5,7,9,13H,6H2,(H,12,14)/t9-/m0/s1. The Hall–Kier alpha value is -1.17. The van der Waals surface area contributed by atoms with E-state index in [1.807, 2.05) is 28.3 Å². The summed E-state index contributed by atoms with van der Waals surface area (Å²) in [4.78, 5) is 12.2. The van der Waals surface area contributed by atoms with Crippen LogP contribution in [0.25, 0.3) is 0 Å². The van der Waals surface area contributed by atoms with E-state index in [1.165, 1.54) is 22.7 Å². The Morgan fingerprint density at radius 3 is 2.94 bits per heavy atom. The van der Waals surface area contributed by atoms with Gasteiger partial charge < -0.3 is 10.4 Å². The van der Waals surface area contributed by atoms with Crippen molar-refractivity contribution < 1.29 is 9.90 Å². The number of amides is 1. The van der Waals surface area contributed by atoms with Crippen LogP contribution in [0.1, 0.15) is 21.3 Å². The van der Waals surface area contributed by atoms with Crippen LogP contribution in [0.5, 0.6) is 0 Å². The summed E-state index contributed by atoms with van der Waals surface area (Å²) in [6, 6.07) is 5.44. The van der Waals surface area contributed by atoms with E-state index in [1.54, 1.807) is 6.07 Å². The normalized spacial score (nSPS) is 12.3. The van der Waals surface area contributed by atoms with Crippen LogP contribution in [0.15, 0.2) is 34.3 Å². The van der Waals surface area contributed by atoms with Crippen LogP contribution >= 0.6 is 22.7 Å². The maximum Gasteiger partial charge on any atom is 0.261 e. The first kappa shape index (κ1) is 11.3. The van der Waals surface area contributed by atoms with Crippen LogP contribution in [0, 0.1) is 0 Å². The van der Waals surface area contributed by atoms with Crippen molar-refractivity contribution in [3.8, 4) is 0 Å². The number of thiophene rings is 2. The zero-order valence-electron chi connectivity index (χ0n) is 8.42. The van der Waals surface area contributed by atoms with Crippen LogP contribution in [-0.4, -0.2) is 17.6 Å². The average molecular weight is 253 g/mol. The number of nitrogens with one attached hydrogen (secondary N) is 1. The van der Waals surface area contributed by atoms with Gasteiger partial charge >= 0.3 is 0 Å². The summed E-state index contributed by atoms with van der Waals surface area (Å²) in [6.45, 7) is 0.244. The molecule has 0 saturated heterocycles. The summed E-state index contributed by atoms with van der Waals surface area (Å²) in [6.07, 6.45) is -0.629. The van der Waals surface area contributed by atoms with Crippen molar-refractivity contribution >= 4 is 28.6 Å². The van der Waals surface area contributed by atoms with Gasteiger partial charge in [0.25, 0.3) is 5.91 Å². The molecule has 1 amide bonds. The van der Waals surface area contributed by atoms with Crippen LogP contribution in [0.3, 0.4) is 0 Å². The lowest BCUT2D eigenvalue weighted by Gasteiger charge is -2.09. The van der Waals surface area contributed by atoms with Gasteiger partial charge in [-0.3, -0.25) is 4.79 Å². The lowest BCUT2D eigenvalue weighted by Crippen LogP contribution is -2.27. The van der Waals surface area contributed by atoms with Gasteiger partial charge in [-0.2, -0.15) is 11.3 Å². The molecule has 0 bridgehead atoms. The Kier molecular flexibility index (Phi) is 3.71. The van der Waals surface area contributed by atoms with Gasteiger partial charge in [-0.1, -0.05) is 6.07 Å². The van der Waals surface area contributed by atoms with Gasteiger partial charge in [-0.05, 0) is 33.8 Å². The molecule has 2 rings (SSSR count). The minimum atomic E-state index is -0.629. The predicted molar refractivity (Wildman–Crippen MR) is 65.9 cm³/mol. The number of hydrogen-bond donors (Lipinski definition) is 2. The van der Waals surface area contributed by atoms with Crippen molar-refractivity contribution in [2.24, 2.45) is 0 Å². The molecule has 0 fully saturated rings. The van der Waals surface area contributed by atoms with Gasteiger partial charge in [0.05, 0.1) is 11.0 Å². The summed E-state index contributed by atoms with van der Waals surface area (Å²) in [7, 11) is 0. The third kappa shape index (κ3) is 2.69. The fourth-order valence-corrected chi connectivity index (χ4v) is 2.61. The first-order valence-electron chi connectivity index (χ1n) is 4.79. The predicted octanol–water partition coefficient (Wildman–Crippen LogP) is 2.27. The topological polar surface area (TPSA) is 49.3 Å². The molecule has 0 unspecified atom stereocenters. The monoisotopic (exact) mass is 253 g/mol. The number of aliphatic hydroxyl groups excluding tert-OH is 1. The summed E-state index contributed by atoms with van der Waals surface area (Å²) in [5, 5.41) is 18.1. The van der Waals surface area contributed by atoms with Gasteiger partial charge in [0.1, 0.15) is 0 Å². The summed E-state index contributed by atoms with van der Waals surface area (Å²) in [5.74, 6) is -0.135. The Bertz CT molecular complexity index is 437. The lowest BCUT2D eigenvalue weighted by molar-refractivity contribution is 0.0920. The molecule has 0 aliphatic heterocycles. The second kappa shape index (κ2) is 5.25. The summed E-state index contributed by atoms with van der Waals surface area (Å²) in [5.41, 5.74) is 0.844. The quantitative estimate of drug-likeness (QED) is 0.878. The number of aliphatic hydroxyl groups is 1. The van der Waals surface area contributed by atoms with E-state index in [-0.39, 0.29) is 12.5 Å². The molecule has 2 aromatic rings. The van der Waals surface area contributed by atoms with E-state index in [0.29, 0.717) is 4.88 Å². The number of carbonyl (C=O) groups excluding carboxylic acids is 1. The molecule has 2 N–H and O–H groups in total. The molecule has 5 heteroatoms. The van der Waals surface area contributed by atoms with Crippen molar-refractivity contribution in [3.63, 3.8) is 0 Å². The number of hydrogen-bond acceptors (Lipinski definition) is 4. The third-order valence-electron chi connectivity index (χ3n) is 2.13. The Morgan fingerprint density at radius 2 is 2.31 bits per heavy atom. The van der Waals surface area contributed by atoms with Crippen LogP contribution in [0.4, 0.5) is 0 Å². The molecular weight excluding hydrogens is 242 g/mol. The van der Waals surface area contributed by atoms with Crippen molar-refractivity contribution in [1.29, 1.82) is 0 Å². The first-order valence-corrected chi connectivity index (χ1v) is 6.61. The Labute approximate surface area is 101 Å². The highest BCUT2D eigenvalue weighted by Gasteiger charge is 2.11. The van der Waals surface area contributed by atoms with Gasteiger partial charge in [0, 0.05) is 6.54 Å². The largest absolute Gasteiger partial charge is 0.387 e. The molecule has 2 aromatic heterocycles. The molecule has 2 heterocycles. The number of rotatable bonds is 4.